The highest BCUT2D eigenvalue weighted by molar-refractivity contribution is 5.97. The van der Waals surface area contributed by atoms with Crippen LogP contribution in [0.4, 0.5) is 0 Å². The molecule has 0 aliphatic heterocycles. The lowest BCUT2D eigenvalue weighted by molar-refractivity contribution is -0.128. The molecule has 3 nitrogen and oxygen atoms in total. The number of hydrogen-bond acceptors (Lipinski definition) is 3. The molecule has 2 saturated carbocycles. The van der Waals surface area contributed by atoms with E-state index < -0.39 is 0 Å². The van der Waals surface area contributed by atoms with E-state index in [9.17, 15) is 9.59 Å². The van der Waals surface area contributed by atoms with Crippen LogP contribution in [-0.4, -0.2) is 24.8 Å². The Morgan fingerprint density at radius 2 is 2.00 bits per heavy atom. The van der Waals surface area contributed by atoms with E-state index in [1.807, 2.05) is 6.08 Å². The van der Waals surface area contributed by atoms with E-state index in [0.717, 1.165) is 44.9 Å². The molecule has 1 unspecified atom stereocenters. The summed E-state index contributed by atoms with van der Waals surface area (Å²) in [7, 11) is 1.63. The molecule has 0 aromatic heterocycles. The van der Waals surface area contributed by atoms with Crippen molar-refractivity contribution in [1.82, 2.24) is 0 Å². The van der Waals surface area contributed by atoms with Gasteiger partial charge in [0.2, 0.25) is 0 Å². The van der Waals surface area contributed by atoms with Crippen LogP contribution in [0.25, 0.3) is 0 Å². The van der Waals surface area contributed by atoms with Crippen molar-refractivity contribution in [3.63, 3.8) is 0 Å². The molecule has 0 aromatic rings. The van der Waals surface area contributed by atoms with E-state index in [0.29, 0.717) is 17.6 Å². The topological polar surface area (TPSA) is 43.4 Å². The summed E-state index contributed by atoms with van der Waals surface area (Å²) in [5.74, 6) is 1.69. The Kier molecular flexibility index (Phi) is 3.19. The van der Waals surface area contributed by atoms with Gasteiger partial charge in [-0.25, -0.2) is 0 Å². The molecule has 2 fully saturated rings. The Hall–Kier alpha value is -1.22. The van der Waals surface area contributed by atoms with Crippen LogP contribution in [0.15, 0.2) is 22.8 Å². The van der Waals surface area contributed by atoms with Crippen molar-refractivity contribution in [3.8, 4) is 0 Å². The van der Waals surface area contributed by atoms with Crippen LogP contribution in [-0.2, 0) is 14.3 Å². The van der Waals surface area contributed by atoms with Gasteiger partial charge in [-0.3, -0.25) is 9.59 Å². The summed E-state index contributed by atoms with van der Waals surface area (Å²) in [6.45, 7) is 2.20. The molecule has 0 amide bonds. The first kappa shape index (κ1) is 14.4. The van der Waals surface area contributed by atoms with Crippen molar-refractivity contribution < 1.29 is 14.3 Å². The molecule has 4 atom stereocenters. The third kappa shape index (κ3) is 1.84. The van der Waals surface area contributed by atoms with Crippen molar-refractivity contribution in [2.24, 2.45) is 17.3 Å². The van der Waals surface area contributed by atoms with Crippen molar-refractivity contribution in [2.75, 3.05) is 7.11 Å². The Balaban J connectivity index is 1.74. The first-order chi connectivity index (χ1) is 10.5. The molecule has 3 heteroatoms. The first-order valence-electron chi connectivity index (χ1n) is 8.57. The zero-order chi connectivity index (χ0) is 15.5. The van der Waals surface area contributed by atoms with Crippen LogP contribution in [0.2, 0.25) is 0 Å². The van der Waals surface area contributed by atoms with Gasteiger partial charge in [-0.05, 0) is 61.2 Å². The minimum Gasteiger partial charge on any atom is -0.373 e. The highest BCUT2D eigenvalue weighted by atomic mass is 16.5. The van der Waals surface area contributed by atoms with Gasteiger partial charge in [-0.15, -0.1) is 0 Å². The summed E-state index contributed by atoms with van der Waals surface area (Å²) in [6, 6.07) is 0. The van der Waals surface area contributed by atoms with Crippen molar-refractivity contribution in [3.05, 3.63) is 22.8 Å². The van der Waals surface area contributed by atoms with Crippen LogP contribution >= 0.6 is 0 Å². The van der Waals surface area contributed by atoms with Crippen LogP contribution < -0.4 is 0 Å². The standard InChI is InChI=1S/C19H24O3/c1-19-8-7-12-13(15(19)5-6-18(19)21)4-3-11-9-16(20)17(22-2)10-14(11)12/h9,13,15,17H,3-8,10H2,1-2H3/t13-,15+,17?,19+/m1/s1. The lowest BCUT2D eigenvalue weighted by Gasteiger charge is -2.46. The highest BCUT2D eigenvalue weighted by Gasteiger charge is 2.53. The molecule has 4 aliphatic rings. The maximum absolute atomic E-state index is 12.3. The zero-order valence-electron chi connectivity index (χ0n) is 13.5. The van der Waals surface area contributed by atoms with Crippen molar-refractivity contribution in [2.45, 2.75) is 58.0 Å². The Bertz CT molecular complexity index is 612. The summed E-state index contributed by atoms with van der Waals surface area (Å²) < 4.78 is 5.37. The molecule has 0 spiro atoms. The quantitative estimate of drug-likeness (QED) is 0.745. The Labute approximate surface area is 131 Å². The van der Waals surface area contributed by atoms with Gasteiger partial charge in [0.05, 0.1) is 0 Å². The maximum Gasteiger partial charge on any atom is 0.184 e. The van der Waals surface area contributed by atoms with E-state index >= 15 is 0 Å². The average molecular weight is 300 g/mol. The SMILES string of the molecule is COC1CC2=C3CC[C@]4(C)C(=O)CC[C@H]4[C@@H]3CCC2=CC1=O. The van der Waals surface area contributed by atoms with Gasteiger partial charge in [-0.1, -0.05) is 12.5 Å². The molecule has 0 aromatic carbocycles. The van der Waals surface area contributed by atoms with Gasteiger partial charge in [0.25, 0.3) is 0 Å². The number of ketones is 2. The van der Waals surface area contributed by atoms with E-state index in [1.54, 1.807) is 12.7 Å². The number of Topliss-reactive ketones (excluding diaryl/α,β-unsaturated/α-hetero) is 1. The minimum absolute atomic E-state index is 0.0823. The molecule has 0 heterocycles. The van der Waals surface area contributed by atoms with Crippen LogP contribution in [0.1, 0.15) is 51.9 Å². The van der Waals surface area contributed by atoms with Gasteiger partial charge >= 0.3 is 0 Å². The largest absolute Gasteiger partial charge is 0.373 e. The number of methoxy groups -OCH3 is 1. The second-order valence-electron chi connectivity index (χ2n) is 7.64. The number of fused-ring (bicyclic) bond motifs is 4. The summed E-state index contributed by atoms with van der Waals surface area (Å²) >= 11 is 0. The third-order valence-corrected chi connectivity index (χ3v) is 6.79. The maximum atomic E-state index is 12.3. The fourth-order valence-corrected chi connectivity index (χ4v) is 5.48. The molecule has 0 N–H and O–H groups in total. The van der Waals surface area contributed by atoms with Crippen molar-refractivity contribution >= 4 is 11.6 Å². The van der Waals surface area contributed by atoms with Crippen LogP contribution in [0, 0.1) is 17.3 Å². The fourth-order valence-electron chi connectivity index (χ4n) is 5.48. The molecule has 22 heavy (non-hydrogen) atoms. The van der Waals surface area contributed by atoms with E-state index in [-0.39, 0.29) is 17.3 Å². The Morgan fingerprint density at radius 3 is 2.77 bits per heavy atom. The third-order valence-electron chi connectivity index (χ3n) is 6.79. The van der Waals surface area contributed by atoms with E-state index in [1.165, 1.54) is 11.1 Å². The fraction of sp³-hybridized carbons (Fsp3) is 0.684. The van der Waals surface area contributed by atoms with Gasteiger partial charge in [0.1, 0.15) is 11.9 Å². The number of carbonyl (C=O) groups excluding carboxylic acids is 2. The minimum atomic E-state index is -0.302. The average Bonchev–Trinajstić information content (AvgIpc) is 2.82. The van der Waals surface area contributed by atoms with E-state index in [2.05, 4.69) is 6.92 Å². The zero-order valence-corrected chi connectivity index (χ0v) is 13.5. The van der Waals surface area contributed by atoms with Gasteiger partial charge in [0.15, 0.2) is 5.78 Å². The van der Waals surface area contributed by atoms with Gasteiger partial charge in [0, 0.05) is 25.4 Å². The van der Waals surface area contributed by atoms with Crippen LogP contribution in [0.3, 0.4) is 0 Å². The molecule has 0 saturated heterocycles. The molecule has 4 aliphatic carbocycles. The highest BCUT2D eigenvalue weighted by Crippen LogP contribution is 2.58. The van der Waals surface area contributed by atoms with Crippen molar-refractivity contribution in [1.29, 1.82) is 0 Å². The lowest BCUT2D eigenvalue weighted by Crippen LogP contribution is -2.41. The van der Waals surface area contributed by atoms with Gasteiger partial charge < -0.3 is 4.74 Å². The molecule has 4 rings (SSSR count). The summed E-state index contributed by atoms with van der Waals surface area (Å²) in [5.41, 5.74) is 4.10. The van der Waals surface area contributed by atoms with Crippen LogP contribution in [0.5, 0.6) is 0 Å². The smallest absolute Gasteiger partial charge is 0.184 e. The van der Waals surface area contributed by atoms with E-state index in [4.69, 9.17) is 4.74 Å². The predicted octanol–water partition coefficient (Wildman–Crippen LogP) is 3.39. The number of rotatable bonds is 1. The molecular weight excluding hydrogens is 276 g/mol. The Morgan fingerprint density at radius 1 is 1.18 bits per heavy atom. The summed E-state index contributed by atoms with van der Waals surface area (Å²) in [6.07, 6.45) is 8.21. The second-order valence-corrected chi connectivity index (χ2v) is 7.64. The predicted molar refractivity (Wildman–Crippen MR) is 83.3 cm³/mol. The molecule has 118 valence electrons. The molecular formula is C19H24O3. The second kappa shape index (κ2) is 4.89. The first-order valence-corrected chi connectivity index (χ1v) is 8.57. The number of hydrogen-bond donors (Lipinski definition) is 0. The normalized spacial score (nSPS) is 41.0. The number of allylic oxidation sites excluding steroid dienone is 2. The molecule has 0 radical (unpaired) electrons. The number of ether oxygens (including phenoxy) is 1. The molecule has 0 bridgehead atoms. The lowest BCUT2D eigenvalue weighted by atomic mass is 9.57. The summed E-state index contributed by atoms with van der Waals surface area (Å²) in [5, 5.41) is 0. The number of carbonyl (C=O) groups is 2. The monoisotopic (exact) mass is 300 g/mol. The van der Waals surface area contributed by atoms with Gasteiger partial charge in [-0.2, -0.15) is 0 Å². The summed E-state index contributed by atoms with van der Waals surface area (Å²) in [4.78, 5) is 24.4.